The molecule has 0 aliphatic heterocycles. The Balaban J connectivity index is 1.95. The van der Waals surface area contributed by atoms with Crippen molar-refractivity contribution < 1.29 is 4.79 Å². The number of carbonyl (C=O) groups excluding carboxylic acids is 1. The Morgan fingerprint density at radius 3 is 2.24 bits per heavy atom. The normalized spacial score (nSPS) is 10.3. The number of amides is 1. The van der Waals surface area contributed by atoms with E-state index in [9.17, 15) is 9.59 Å². The van der Waals surface area contributed by atoms with Crippen LogP contribution in [0, 0.1) is 0 Å². The van der Waals surface area contributed by atoms with Crippen molar-refractivity contribution in [2.45, 2.75) is 0 Å². The zero-order chi connectivity index (χ0) is 14.7. The number of hydrogen-bond donors (Lipinski definition) is 2. The molecule has 0 fully saturated rings. The van der Waals surface area contributed by atoms with Gasteiger partial charge in [0, 0.05) is 17.3 Å². The van der Waals surface area contributed by atoms with Gasteiger partial charge in [-0.2, -0.15) is 0 Å². The third kappa shape index (κ3) is 2.62. The van der Waals surface area contributed by atoms with Gasteiger partial charge in [0.2, 0.25) is 0 Å². The lowest BCUT2D eigenvalue weighted by atomic mass is 10.2. The average molecular weight is 279 g/mol. The van der Waals surface area contributed by atoms with E-state index in [2.05, 4.69) is 10.4 Å². The predicted molar refractivity (Wildman–Crippen MR) is 80.6 cm³/mol. The van der Waals surface area contributed by atoms with E-state index < -0.39 is 5.69 Å². The summed E-state index contributed by atoms with van der Waals surface area (Å²) in [7, 11) is 0. The van der Waals surface area contributed by atoms with E-state index in [1.54, 1.807) is 30.5 Å². The Morgan fingerprint density at radius 1 is 0.952 bits per heavy atom. The Labute approximate surface area is 120 Å². The highest BCUT2D eigenvalue weighted by atomic mass is 16.2. The number of benzene rings is 2. The van der Waals surface area contributed by atoms with Gasteiger partial charge in [-0.1, -0.05) is 48.5 Å². The fraction of sp³-hybridized carbons (Fsp3) is 0. The van der Waals surface area contributed by atoms with Crippen LogP contribution < -0.4 is 11.1 Å². The van der Waals surface area contributed by atoms with Crippen LogP contribution in [0.3, 0.4) is 0 Å². The quantitative estimate of drug-likeness (QED) is 0.772. The highest BCUT2D eigenvalue weighted by molar-refractivity contribution is 6.00. The van der Waals surface area contributed by atoms with Crippen LogP contribution in [0.5, 0.6) is 0 Å². The van der Waals surface area contributed by atoms with Gasteiger partial charge >= 0.3 is 5.69 Å². The van der Waals surface area contributed by atoms with Crippen molar-refractivity contribution in [2.75, 3.05) is 5.43 Å². The maximum absolute atomic E-state index is 12.2. The van der Waals surface area contributed by atoms with Crippen LogP contribution in [0.2, 0.25) is 0 Å². The lowest BCUT2D eigenvalue weighted by Crippen LogP contribution is -2.32. The maximum Gasteiger partial charge on any atom is 0.345 e. The molecule has 5 nitrogen and oxygen atoms in total. The molecule has 0 spiro atoms. The number of H-pyrrole nitrogens is 1. The van der Waals surface area contributed by atoms with Crippen molar-refractivity contribution in [3.8, 4) is 11.3 Å². The van der Waals surface area contributed by atoms with Crippen molar-refractivity contribution in [3.05, 3.63) is 82.9 Å². The standard InChI is InChI=1S/C16H13N3O2/c20-15(13-9-5-2-6-10-13)18-19-14(11-17-16(19)21)12-7-3-1-4-8-12/h1-11H,(H,17,21)(H,18,20). The number of aromatic nitrogens is 2. The molecule has 0 unspecified atom stereocenters. The molecular formula is C16H13N3O2. The second-order valence-corrected chi connectivity index (χ2v) is 4.49. The first kappa shape index (κ1) is 12.9. The number of hydrogen-bond acceptors (Lipinski definition) is 2. The lowest BCUT2D eigenvalue weighted by molar-refractivity contribution is 0.101. The van der Waals surface area contributed by atoms with Crippen molar-refractivity contribution in [1.82, 2.24) is 9.66 Å². The molecular weight excluding hydrogens is 266 g/mol. The molecule has 0 saturated heterocycles. The molecule has 0 atom stereocenters. The number of imidazole rings is 1. The van der Waals surface area contributed by atoms with Gasteiger partial charge in [-0.15, -0.1) is 0 Å². The molecule has 0 aliphatic rings. The third-order valence-corrected chi connectivity index (χ3v) is 3.10. The summed E-state index contributed by atoms with van der Waals surface area (Å²) in [6, 6.07) is 18.1. The van der Waals surface area contributed by atoms with E-state index in [0.29, 0.717) is 11.3 Å². The van der Waals surface area contributed by atoms with Gasteiger partial charge in [-0.05, 0) is 12.1 Å². The minimum atomic E-state index is -0.391. The molecule has 2 aromatic carbocycles. The first-order chi connectivity index (χ1) is 10.3. The molecule has 5 heteroatoms. The largest absolute Gasteiger partial charge is 0.345 e. The average Bonchev–Trinajstić information content (AvgIpc) is 2.90. The van der Waals surface area contributed by atoms with Crippen LogP contribution in [0.25, 0.3) is 11.3 Å². The first-order valence-electron chi connectivity index (χ1n) is 6.48. The molecule has 0 aliphatic carbocycles. The van der Waals surface area contributed by atoms with Crippen molar-refractivity contribution >= 4 is 5.91 Å². The first-order valence-corrected chi connectivity index (χ1v) is 6.48. The molecule has 1 aromatic heterocycles. The summed E-state index contributed by atoms with van der Waals surface area (Å²) < 4.78 is 1.21. The Bertz CT molecular complexity index is 804. The molecule has 104 valence electrons. The van der Waals surface area contributed by atoms with Crippen LogP contribution >= 0.6 is 0 Å². The Hall–Kier alpha value is -3.08. The van der Waals surface area contributed by atoms with Gasteiger partial charge in [-0.25, -0.2) is 9.47 Å². The number of nitrogens with one attached hydrogen (secondary N) is 2. The van der Waals surface area contributed by atoms with Crippen molar-refractivity contribution in [1.29, 1.82) is 0 Å². The number of carbonyl (C=O) groups is 1. The molecule has 3 rings (SSSR count). The van der Waals surface area contributed by atoms with E-state index >= 15 is 0 Å². The number of rotatable bonds is 3. The topological polar surface area (TPSA) is 66.9 Å². The molecule has 0 radical (unpaired) electrons. The molecule has 0 bridgehead atoms. The van der Waals surface area contributed by atoms with Crippen LogP contribution in [-0.2, 0) is 0 Å². The number of nitrogens with zero attached hydrogens (tertiary/aromatic N) is 1. The van der Waals surface area contributed by atoms with Crippen LogP contribution in [0.1, 0.15) is 10.4 Å². The summed E-state index contributed by atoms with van der Waals surface area (Å²) in [5.41, 5.74) is 4.15. The van der Waals surface area contributed by atoms with E-state index in [-0.39, 0.29) is 5.91 Å². The minimum Gasteiger partial charge on any atom is -0.311 e. The SMILES string of the molecule is O=C(Nn1c(-c2ccccc2)c[nH]c1=O)c1ccccc1. The molecule has 1 amide bonds. The molecule has 0 saturated carbocycles. The summed E-state index contributed by atoms with van der Waals surface area (Å²) in [6.45, 7) is 0. The summed E-state index contributed by atoms with van der Waals surface area (Å²) in [5.74, 6) is -0.338. The monoisotopic (exact) mass is 279 g/mol. The van der Waals surface area contributed by atoms with E-state index in [4.69, 9.17) is 0 Å². The smallest absolute Gasteiger partial charge is 0.311 e. The summed E-state index contributed by atoms with van der Waals surface area (Å²) in [5, 5.41) is 0. The molecule has 21 heavy (non-hydrogen) atoms. The third-order valence-electron chi connectivity index (χ3n) is 3.10. The van der Waals surface area contributed by atoms with Crippen molar-refractivity contribution in [2.24, 2.45) is 0 Å². The van der Waals surface area contributed by atoms with Crippen LogP contribution in [-0.4, -0.2) is 15.6 Å². The van der Waals surface area contributed by atoms with E-state index in [1.165, 1.54) is 4.68 Å². The van der Waals surface area contributed by atoms with Gasteiger partial charge < -0.3 is 4.98 Å². The maximum atomic E-state index is 12.2. The fourth-order valence-electron chi connectivity index (χ4n) is 2.06. The second-order valence-electron chi connectivity index (χ2n) is 4.49. The lowest BCUT2D eigenvalue weighted by Gasteiger charge is -2.09. The summed E-state index contributed by atoms with van der Waals surface area (Å²) in [6.07, 6.45) is 1.57. The summed E-state index contributed by atoms with van der Waals surface area (Å²) >= 11 is 0. The second kappa shape index (κ2) is 5.50. The van der Waals surface area contributed by atoms with Crippen LogP contribution in [0.4, 0.5) is 0 Å². The van der Waals surface area contributed by atoms with Gasteiger partial charge in [0.1, 0.15) is 0 Å². The van der Waals surface area contributed by atoms with Gasteiger partial charge in [0.15, 0.2) is 0 Å². The predicted octanol–water partition coefficient (Wildman–Crippen LogP) is 2.23. The highest BCUT2D eigenvalue weighted by Crippen LogP contribution is 2.15. The fourth-order valence-corrected chi connectivity index (χ4v) is 2.06. The molecule has 2 N–H and O–H groups in total. The van der Waals surface area contributed by atoms with E-state index in [0.717, 1.165) is 5.56 Å². The zero-order valence-electron chi connectivity index (χ0n) is 11.1. The molecule has 3 aromatic rings. The highest BCUT2D eigenvalue weighted by Gasteiger charge is 2.12. The van der Waals surface area contributed by atoms with Gasteiger partial charge in [-0.3, -0.25) is 10.2 Å². The Kier molecular flexibility index (Phi) is 3.39. The Morgan fingerprint density at radius 2 is 1.57 bits per heavy atom. The summed E-state index contributed by atoms with van der Waals surface area (Å²) in [4.78, 5) is 26.6. The van der Waals surface area contributed by atoms with Crippen molar-refractivity contribution in [3.63, 3.8) is 0 Å². The number of aromatic amines is 1. The minimum absolute atomic E-state index is 0.338. The van der Waals surface area contributed by atoms with E-state index in [1.807, 2.05) is 36.4 Å². The van der Waals surface area contributed by atoms with Crippen LogP contribution in [0.15, 0.2) is 71.7 Å². The molecule has 1 heterocycles. The zero-order valence-corrected chi connectivity index (χ0v) is 11.1. The van der Waals surface area contributed by atoms with Gasteiger partial charge in [0.05, 0.1) is 5.69 Å². The van der Waals surface area contributed by atoms with Gasteiger partial charge in [0.25, 0.3) is 5.91 Å².